The van der Waals surface area contributed by atoms with Crippen LogP contribution >= 0.6 is 0 Å². The van der Waals surface area contributed by atoms with Gasteiger partial charge in [-0.25, -0.2) is 0 Å². The van der Waals surface area contributed by atoms with Crippen molar-refractivity contribution in [2.75, 3.05) is 25.9 Å². The van der Waals surface area contributed by atoms with Gasteiger partial charge >= 0.3 is 0 Å². The standard InChI is InChI=1S/C14H30N2OS/c1-11(2)8-14-10-16(12(3)9-15-14)7-6-13(4)18(5)17/h11-15H,6-10H2,1-5H3. The van der Waals surface area contributed by atoms with Gasteiger partial charge in [0, 0.05) is 47.5 Å². The molecule has 0 spiro atoms. The fourth-order valence-electron chi connectivity index (χ4n) is 2.55. The second-order valence-electron chi connectivity index (χ2n) is 6.18. The van der Waals surface area contributed by atoms with Gasteiger partial charge < -0.3 is 5.32 Å². The molecule has 1 heterocycles. The average Bonchev–Trinajstić information content (AvgIpc) is 2.28. The van der Waals surface area contributed by atoms with Crippen LogP contribution in [0.25, 0.3) is 0 Å². The molecule has 0 saturated carbocycles. The van der Waals surface area contributed by atoms with E-state index in [0.29, 0.717) is 17.3 Å². The smallest absolute Gasteiger partial charge is 0.0329 e. The van der Waals surface area contributed by atoms with Crippen molar-refractivity contribution in [1.29, 1.82) is 0 Å². The van der Waals surface area contributed by atoms with Crippen LogP contribution in [0.2, 0.25) is 0 Å². The summed E-state index contributed by atoms with van der Waals surface area (Å²) in [4.78, 5) is 2.56. The summed E-state index contributed by atoms with van der Waals surface area (Å²) in [5, 5.41) is 3.95. The molecule has 1 rings (SSSR count). The van der Waals surface area contributed by atoms with E-state index in [2.05, 4.69) is 37.9 Å². The largest absolute Gasteiger partial charge is 0.311 e. The van der Waals surface area contributed by atoms with Gasteiger partial charge in [-0.2, -0.15) is 0 Å². The van der Waals surface area contributed by atoms with Crippen LogP contribution in [0.4, 0.5) is 0 Å². The lowest BCUT2D eigenvalue weighted by Gasteiger charge is -2.39. The minimum absolute atomic E-state index is 0.315. The molecule has 4 heteroatoms. The van der Waals surface area contributed by atoms with Crippen LogP contribution in [-0.2, 0) is 10.8 Å². The van der Waals surface area contributed by atoms with Crippen molar-refractivity contribution in [3.8, 4) is 0 Å². The van der Waals surface area contributed by atoms with Crippen LogP contribution in [0, 0.1) is 5.92 Å². The molecule has 1 aliphatic heterocycles. The summed E-state index contributed by atoms with van der Waals surface area (Å²) < 4.78 is 11.4. The Bertz CT molecular complexity index is 271. The predicted octanol–water partition coefficient (Wildman–Crippen LogP) is 1.85. The van der Waals surface area contributed by atoms with Crippen molar-refractivity contribution in [3.05, 3.63) is 0 Å². The Balaban J connectivity index is 2.39. The van der Waals surface area contributed by atoms with Crippen LogP contribution in [0.1, 0.15) is 40.5 Å². The number of nitrogens with zero attached hydrogens (tertiary/aromatic N) is 1. The Morgan fingerprint density at radius 2 is 2.06 bits per heavy atom. The molecular weight excluding hydrogens is 244 g/mol. The van der Waals surface area contributed by atoms with Gasteiger partial charge in [-0.15, -0.1) is 0 Å². The number of piperazine rings is 1. The maximum atomic E-state index is 11.4. The van der Waals surface area contributed by atoms with Crippen molar-refractivity contribution in [1.82, 2.24) is 10.2 Å². The minimum atomic E-state index is -0.686. The zero-order valence-corrected chi connectivity index (χ0v) is 13.4. The van der Waals surface area contributed by atoms with Gasteiger partial charge in [0.1, 0.15) is 0 Å². The molecule has 1 aliphatic rings. The van der Waals surface area contributed by atoms with E-state index in [-0.39, 0.29) is 0 Å². The van der Waals surface area contributed by atoms with Crippen LogP contribution in [0.5, 0.6) is 0 Å². The summed E-state index contributed by atoms with van der Waals surface area (Å²) in [5.74, 6) is 0.750. The highest BCUT2D eigenvalue weighted by Gasteiger charge is 2.25. The van der Waals surface area contributed by atoms with E-state index in [1.54, 1.807) is 0 Å². The third kappa shape index (κ3) is 5.37. The molecule has 108 valence electrons. The second kappa shape index (κ2) is 7.61. The molecular formula is C14H30N2OS. The molecule has 4 unspecified atom stereocenters. The van der Waals surface area contributed by atoms with E-state index in [1.165, 1.54) is 6.42 Å². The van der Waals surface area contributed by atoms with Crippen LogP contribution in [0.15, 0.2) is 0 Å². The van der Waals surface area contributed by atoms with E-state index in [1.807, 2.05) is 6.26 Å². The van der Waals surface area contributed by atoms with E-state index in [0.717, 1.165) is 32.0 Å². The first-order valence-electron chi connectivity index (χ1n) is 7.19. The van der Waals surface area contributed by atoms with Crippen molar-refractivity contribution >= 4 is 10.8 Å². The first-order valence-corrected chi connectivity index (χ1v) is 8.82. The fraction of sp³-hybridized carbons (Fsp3) is 1.00. The summed E-state index contributed by atoms with van der Waals surface area (Å²) in [6, 6.07) is 1.23. The van der Waals surface area contributed by atoms with Crippen LogP contribution in [0.3, 0.4) is 0 Å². The SMILES string of the molecule is CC(C)CC1CN(CCC(C)S(C)=O)C(C)CN1. The molecule has 1 saturated heterocycles. The topological polar surface area (TPSA) is 32.3 Å². The van der Waals surface area contributed by atoms with Crippen molar-refractivity contribution < 1.29 is 4.21 Å². The van der Waals surface area contributed by atoms with E-state index in [9.17, 15) is 4.21 Å². The Morgan fingerprint density at radius 3 is 2.61 bits per heavy atom. The molecule has 0 bridgehead atoms. The van der Waals surface area contributed by atoms with E-state index >= 15 is 0 Å². The van der Waals surface area contributed by atoms with Gasteiger partial charge in [-0.1, -0.05) is 20.8 Å². The quantitative estimate of drug-likeness (QED) is 0.802. The van der Waals surface area contributed by atoms with E-state index in [4.69, 9.17) is 0 Å². The van der Waals surface area contributed by atoms with Gasteiger partial charge in [0.15, 0.2) is 0 Å². The molecule has 0 aliphatic carbocycles. The highest BCUT2D eigenvalue weighted by Crippen LogP contribution is 2.14. The van der Waals surface area contributed by atoms with Gasteiger partial charge in [-0.05, 0) is 32.2 Å². The van der Waals surface area contributed by atoms with Crippen molar-refractivity contribution in [2.45, 2.75) is 57.9 Å². The summed E-state index contributed by atoms with van der Waals surface area (Å²) in [7, 11) is -0.686. The maximum absolute atomic E-state index is 11.4. The molecule has 1 N–H and O–H groups in total. The lowest BCUT2D eigenvalue weighted by molar-refractivity contribution is 0.131. The first-order chi connectivity index (χ1) is 8.40. The molecule has 0 aromatic heterocycles. The zero-order valence-electron chi connectivity index (χ0n) is 12.6. The number of hydrogen-bond acceptors (Lipinski definition) is 3. The molecule has 18 heavy (non-hydrogen) atoms. The third-order valence-corrected chi connectivity index (χ3v) is 5.29. The van der Waals surface area contributed by atoms with Crippen LogP contribution < -0.4 is 5.32 Å². The Labute approximate surface area is 115 Å². The molecule has 0 aromatic carbocycles. The predicted molar refractivity (Wildman–Crippen MR) is 80.4 cm³/mol. The second-order valence-corrected chi connectivity index (χ2v) is 7.98. The Morgan fingerprint density at radius 1 is 1.39 bits per heavy atom. The Hall–Kier alpha value is 0.0700. The number of rotatable bonds is 6. The van der Waals surface area contributed by atoms with Crippen molar-refractivity contribution in [3.63, 3.8) is 0 Å². The van der Waals surface area contributed by atoms with Crippen LogP contribution in [-0.4, -0.2) is 52.3 Å². The number of nitrogens with one attached hydrogen (secondary N) is 1. The van der Waals surface area contributed by atoms with Gasteiger partial charge in [-0.3, -0.25) is 9.11 Å². The van der Waals surface area contributed by atoms with Gasteiger partial charge in [0.05, 0.1) is 0 Å². The molecule has 1 fully saturated rings. The molecule has 0 aromatic rings. The Kier molecular flexibility index (Phi) is 6.82. The zero-order chi connectivity index (χ0) is 13.7. The molecule has 0 amide bonds. The molecule has 3 nitrogen and oxygen atoms in total. The normalized spacial score (nSPS) is 29.4. The molecule has 0 radical (unpaired) electrons. The summed E-state index contributed by atoms with van der Waals surface area (Å²) >= 11 is 0. The van der Waals surface area contributed by atoms with Gasteiger partial charge in [0.25, 0.3) is 0 Å². The summed E-state index contributed by atoms with van der Waals surface area (Å²) in [6.07, 6.45) is 4.10. The summed E-state index contributed by atoms with van der Waals surface area (Å²) in [6.45, 7) is 12.3. The van der Waals surface area contributed by atoms with Crippen molar-refractivity contribution in [2.24, 2.45) is 5.92 Å². The first kappa shape index (κ1) is 16.1. The average molecular weight is 274 g/mol. The van der Waals surface area contributed by atoms with E-state index < -0.39 is 10.8 Å². The maximum Gasteiger partial charge on any atom is 0.0329 e. The highest BCUT2D eigenvalue weighted by atomic mass is 32.2. The lowest BCUT2D eigenvalue weighted by atomic mass is 10.00. The monoisotopic (exact) mass is 274 g/mol. The minimum Gasteiger partial charge on any atom is -0.311 e. The third-order valence-electron chi connectivity index (χ3n) is 3.93. The van der Waals surface area contributed by atoms with Gasteiger partial charge in [0.2, 0.25) is 0 Å². The highest BCUT2D eigenvalue weighted by molar-refractivity contribution is 7.84. The molecule has 4 atom stereocenters. The number of hydrogen-bond donors (Lipinski definition) is 1. The summed E-state index contributed by atoms with van der Waals surface area (Å²) in [5.41, 5.74) is 0. The lowest BCUT2D eigenvalue weighted by Crippen LogP contribution is -2.56. The fourth-order valence-corrected chi connectivity index (χ4v) is 2.98.